The Morgan fingerprint density at radius 3 is 2.73 bits per heavy atom. The Morgan fingerprint density at radius 1 is 1.36 bits per heavy atom. The van der Waals surface area contributed by atoms with Crippen molar-refractivity contribution >= 4 is 5.91 Å². The van der Waals surface area contributed by atoms with Gasteiger partial charge in [-0.3, -0.25) is 9.89 Å². The fraction of sp³-hybridized carbons (Fsp3) is 0.400. The van der Waals surface area contributed by atoms with Crippen molar-refractivity contribution in [3.8, 4) is 11.4 Å². The van der Waals surface area contributed by atoms with Gasteiger partial charge in [-0.05, 0) is 18.6 Å². The lowest BCUT2D eigenvalue weighted by Gasteiger charge is -2.35. The number of carbonyl (C=O) groups is 1. The van der Waals surface area contributed by atoms with Gasteiger partial charge in [0.05, 0.1) is 6.10 Å². The quantitative estimate of drug-likeness (QED) is 0.756. The van der Waals surface area contributed by atoms with Crippen LogP contribution < -0.4 is 0 Å². The Hall–Kier alpha value is -2.25. The molecule has 2 aromatic rings. The first-order valence-corrected chi connectivity index (χ1v) is 7.23. The van der Waals surface area contributed by atoms with Crippen molar-refractivity contribution in [3.63, 3.8) is 0 Å². The molecule has 2 heterocycles. The van der Waals surface area contributed by atoms with Crippen LogP contribution in [0.3, 0.4) is 0 Å². The second-order valence-corrected chi connectivity index (χ2v) is 5.46. The number of rotatable bonds is 3. The molecule has 1 aliphatic rings. The van der Waals surface area contributed by atoms with Crippen molar-refractivity contribution in [2.45, 2.75) is 12.5 Å². The number of likely N-dealkylation sites (tertiary alicyclic amines) is 1. The van der Waals surface area contributed by atoms with Crippen molar-refractivity contribution in [1.29, 1.82) is 0 Å². The van der Waals surface area contributed by atoms with Crippen LogP contribution >= 0.6 is 0 Å². The van der Waals surface area contributed by atoms with Gasteiger partial charge >= 0.3 is 0 Å². The van der Waals surface area contributed by atoms with Crippen LogP contribution in [-0.2, 0) is 0 Å². The van der Waals surface area contributed by atoms with E-state index >= 15 is 0 Å². The number of benzene rings is 1. The van der Waals surface area contributed by atoms with Crippen LogP contribution in [0.2, 0.25) is 0 Å². The highest BCUT2D eigenvalue weighted by molar-refractivity contribution is 5.94. The first-order chi connectivity index (χ1) is 10.7. The zero-order chi connectivity index (χ0) is 15.5. The molecule has 2 atom stereocenters. The maximum Gasteiger partial charge on any atom is 0.253 e. The fourth-order valence-corrected chi connectivity index (χ4v) is 2.68. The number of nitrogens with zero attached hydrogens (tertiary/aromatic N) is 3. The molecule has 0 radical (unpaired) electrons. The highest BCUT2D eigenvalue weighted by Gasteiger charge is 2.30. The second-order valence-electron chi connectivity index (χ2n) is 5.46. The lowest BCUT2D eigenvalue weighted by atomic mass is 9.94. The van der Waals surface area contributed by atoms with Gasteiger partial charge in [0.1, 0.15) is 6.33 Å². The van der Waals surface area contributed by atoms with Gasteiger partial charge in [-0.25, -0.2) is 4.98 Å². The molecule has 7 heteroatoms. The van der Waals surface area contributed by atoms with Crippen LogP contribution in [-0.4, -0.2) is 62.0 Å². The van der Waals surface area contributed by atoms with E-state index in [9.17, 15) is 9.90 Å². The smallest absolute Gasteiger partial charge is 0.253 e. The third-order valence-electron chi connectivity index (χ3n) is 4.06. The molecule has 7 nitrogen and oxygen atoms in total. The van der Waals surface area contributed by atoms with Gasteiger partial charge in [0.15, 0.2) is 5.82 Å². The molecular formula is C15H18N4O3. The zero-order valence-electron chi connectivity index (χ0n) is 12.0. The predicted octanol–water partition coefficient (Wildman–Crippen LogP) is 0.287. The Kier molecular flexibility index (Phi) is 4.17. The number of nitrogens with one attached hydrogen (secondary N) is 1. The second kappa shape index (κ2) is 6.25. The summed E-state index contributed by atoms with van der Waals surface area (Å²) in [4.78, 5) is 18.1. The number of carbonyl (C=O) groups excluding carboxylic acids is 1. The first-order valence-electron chi connectivity index (χ1n) is 7.23. The molecule has 0 aliphatic carbocycles. The van der Waals surface area contributed by atoms with E-state index in [0.717, 1.165) is 5.56 Å². The molecule has 116 valence electrons. The molecule has 1 aromatic heterocycles. The molecule has 1 aliphatic heterocycles. The molecule has 1 amide bonds. The Bertz CT molecular complexity index is 627. The van der Waals surface area contributed by atoms with E-state index in [1.54, 1.807) is 17.0 Å². The van der Waals surface area contributed by atoms with E-state index in [1.807, 2.05) is 12.1 Å². The third-order valence-corrected chi connectivity index (χ3v) is 4.06. The summed E-state index contributed by atoms with van der Waals surface area (Å²) in [5.41, 5.74) is 1.42. The normalized spacial score (nSPS) is 21.8. The number of hydrogen-bond donors (Lipinski definition) is 3. The molecule has 0 unspecified atom stereocenters. The predicted molar refractivity (Wildman–Crippen MR) is 78.9 cm³/mol. The molecule has 1 saturated heterocycles. The SMILES string of the molecule is O=C(c1ccc(-c2ncn[nH]2)cc1)N1CC[C@@H](CO)[C@H](O)C1. The minimum atomic E-state index is -0.670. The summed E-state index contributed by atoms with van der Waals surface area (Å²) in [5, 5.41) is 25.6. The van der Waals surface area contributed by atoms with Crippen LogP contribution in [0.5, 0.6) is 0 Å². The van der Waals surface area contributed by atoms with Gasteiger partial charge in [-0.15, -0.1) is 0 Å². The molecule has 0 bridgehead atoms. The number of amides is 1. The minimum Gasteiger partial charge on any atom is -0.396 e. The number of aromatic amines is 1. The van der Waals surface area contributed by atoms with Gasteiger partial charge in [0.2, 0.25) is 0 Å². The van der Waals surface area contributed by atoms with E-state index in [2.05, 4.69) is 15.2 Å². The number of β-amino-alcohol motifs (C(OH)–C–C–N with tert-alkyl or cyclic N) is 1. The summed E-state index contributed by atoms with van der Waals surface area (Å²) in [5.74, 6) is 0.399. The van der Waals surface area contributed by atoms with Gasteiger partial charge < -0.3 is 15.1 Å². The van der Waals surface area contributed by atoms with Gasteiger partial charge in [-0.2, -0.15) is 5.10 Å². The van der Waals surface area contributed by atoms with Gasteiger partial charge in [0, 0.05) is 36.7 Å². The Morgan fingerprint density at radius 2 is 2.14 bits per heavy atom. The van der Waals surface area contributed by atoms with E-state index in [4.69, 9.17) is 5.11 Å². The molecule has 1 fully saturated rings. The van der Waals surface area contributed by atoms with E-state index in [-0.39, 0.29) is 25.0 Å². The molecule has 3 rings (SSSR count). The number of aliphatic hydroxyl groups excluding tert-OH is 2. The van der Waals surface area contributed by atoms with E-state index in [1.165, 1.54) is 6.33 Å². The largest absolute Gasteiger partial charge is 0.396 e. The standard InChI is InChI=1S/C15H18N4O3/c20-8-12-5-6-19(7-13(12)21)15(22)11-3-1-10(2-4-11)14-16-9-17-18-14/h1-4,9,12-13,20-21H,5-8H2,(H,16,17,18)/t12-,13+/m0/s1. The summed E-state index contributed by atoms with van der Waals surface area (Å²) in [6, 6.07) is 7.10. The molecule has 22 heavy (non-hydrogen) atoms. The average molecular weight is 302 g/mol. The van der Waals surface area contributed by atoms with Gasteiger partial charge in [0.25, 0.3) is 5.91 Å². The maximum atomic E-state index is 12.5. The van der Waals surface area contributed by atoms with Crippen LogP contribution in [0, 0.1) is 5.92 Å². The molecule has 3 N–H and O–H groups in total. The van der Waals surface area contributed by atoms with Crippen LogP contribution in [0.1, 0.15) is 16.8 Å². The maximum absolute atomic E-state index is 12.5. The number of piperidine rings is 1. The van der Waals surface area contributed by atoms with E-state index < -0.39 is 6.10 Å². The lowest BCUT2D eigenvalue weighted by Crippen LogP contribution is -2.47. The van der Waals surface area contributed by atoms with Crippen LogP contribution in [0.15, 0.2) is 30.6 Å². The minimum absolute atomic E-state index is 0.0466. The van der Waals surface area contributed by atoms with Crippen LogP contribution in [0.25, 0.3) is 11.4 Å². The van der Waals surface area contributed by atoms with Crippen molar-refractivity contribution in [3.05, 3.63) is 36.2 Å². The van der Waals surface area contributed by atoms with Crippen LogP contribution in [0.4, 0.5) is 0 Å². The topological polar surface area (TPSA) is 102 Å². The fourth-order valence-electron chi connectivity index (χ4n) is 2.68. The van der Waals surface area contributed by atoms with Crippen molar-refractivity contribution in [1.82, 2.24) is 20.1 Å². The van der Waals surface area contributed by atoms with E-state index in [0.29, 0.717) is 24.4 Å². The molecular weight excluding hydrogens is 284 g/mol. The number of aliphatic hydroxyl groups is 2. The van der Waals surface area contributed by atoms with Crippen molar-refractivity contribution in [2.75, 3.05) is 19.7 Å². The monoisotopic (exact) mass is 302 g/mol. The number of aromatic nitrogens is 3. The van der Waals surface area contributed by atoms with Crippen molar-refractivity contribution in [2.24, 2.45) is 5.92 Å². The summed E-state index contributed by atoms with van der Waals surface area (Å²) in [7, 11) is 0. The molecule has 0 spiro atoms. The zero-order valence-corrected chi connectivity index (χ0v) is 12.0. The summed E-state index contributed by atoms with van der Waals surface area (Å²) >= 11 is 0. The summed E-state index contributed by atoms with van der Waals surface area (Å²) in [6.45, 7) is 0.758. The highest BCUT2D eigenvalue weighted by atomic mass is 16.3. The van der Waals surface area contributed by atoms with Crippen molar-refractivity contribution < 1.29 is 15.0 Å². The summed E-state index contributed by atoms with van der Waals surface area (Å²) in [6.07, 6.45) is 1.37. The first kappa shape index (κ1) is 14.7. The molecule has 0 saturated carbocycles. The Labute approximate surface area is 127 Å². The van der Waals surface area contributed by atoms with Gasteiger partial charge in [-0.1, -0.05) is 12.1 Å². The number of hydrogen-bond acceptors (Lipinski definition) is 5. The lowest BCUT2D eigenvalue weighted by molar-refractivity contribution is 0.000878. The highest BCUT2D eigenvalue weighted by Crippen LogP contribution is 2.20. The Balaban J connectivity index is 1.70. The number of H-pyrrole nitrogens is 1. The average Bonchev–Trinajstić information content (AvgIpc) is 3.09. The third kappa shape index (κ3) is 2.86. The summed E-state index contributed by atoms with van der Waals surface area (Å²) < 4.78 is 0. The molecule has 1 aromatic carbocycles.